The summed E-state index contributed by atoms with van der Waals surface area (Å²) in [5, 5.41) is 5.96. The fourth-order valence-electron chi connectivity index (χ4n) is 0.729. The summed E-state index contributed by atoms with van der Waals surface area (Å²) in [6.45, 7) is 1.90. The molecule has 1 aromatic heterocycles. The van der Waals surface area contributed by atoms with Gasteiger partial charge in [-0.15, -0.1) is 0 Å². The standard InChI is InChI=1S/C6H6Cl2N2O/c1-2-3-4(7)5(6(8)11)10-9-3/h2H2,1H3,(H,9,10). The van der Waals surface area contributed by atoms with Crippen molar-refractivity contribution in [3.8, 4) is 0 Å². The molecule has 0 aliphatic heterocycles. The molecule has 0 radical (unpaired) electrons. The van der Waals surface area contributed by atoms with Crippen molar-refractivity contribution < 1.29 is 4.79 Å². The molecule has 5 heteroatoms. The molecule has 0 aromatic carbocycles. The zero-order chi connectivity index (χ0) is 8.43. The normalized spacial score (nSPS) is 10.1. The average molecular weight is 193 g/mol. The van der Waals surface area contributed by atoms with E-state index in [9.17, 15) is 4.79 Å². The van der Waals surface area contributed by atoms with Gasteiger partial charge in [0, 0.05) is 0 Å². The smallest absolute Gasteiger partial charge is 0.274 e. The van der Waals surface area contributed by atoms with E-state index in [1.165, 1.54) is 0 Å². The first-order valence-corrected chi connectivity index (χ1v) is 3.85. The van der Waals surface area contributed by atoms with Crippen LogP contribution in [0.25, 0.3) is 0 Å². The van der Waals surface area contributed by atoms with Crippen molar-refractivity contribution in [2.45, 2.75) is 13.3 Å². The van der Waals surface area contributed by atoms with E-state index >= 15 is 0 Å². The quantitative estimate of drug-likeness (QED) is 0.730. The minimum atomic E-state index is -0.633. The lowest BCUT2D eigenvalue weighted by molar-refractivity contribution is 0.107. The minimum Gasteiger partial charge on any atom is -0.280 e. The number of carbonyl (C=O) groups excluding carboxylic acids is 1. The third-order valence-corrected chi connectivity index (χ3v) is 1.90. The van der Waals surface area contributed by atoms with Crippen molar-refractivity contribution in [1.82, 2.24) is 10.2 Å². The van der Waals surface area contributed by atoms with Gasteiger partial charge in [-0.05, 0) is 18.0 Å². The molecule has 0 aliphatic rings. The molecule has 0 atom stereocenters. The van der Waals surface area contributed by atoms with E-state index in [2.05, 4.69) is 10.2 Å². The van der Waals surface area contributed by atoms with Crippen molar-refractivity contribution in [3.05, 3.63) is 16.4 Å². The van der Waals surface area contributed by atoms with Crippen molar-refractivity contribution in [2.75, 3.05) is 0 Å². The molecule has 1 rings (SSSR count). The number of hydrogen-bond acceptors (Lipinski definition) is 2. The van der Waals surface area contributed by atoms with Gasteiger partial charge in [0.1, 0.15) is 0 Å². The third kappa shape index (κ3) is 1.54. The Morgan fingerprint density at radius 2 is 2.36 bits per heavy atom. The lowest BCUT2D eigenvalue weighted by atomic mass is 10.3. The van der Waals surface area contributed by atoms with Gasteiger partial charge < -0.3 is 0 Å². The Kier molecular flexibility index (Phi) is 2.52. The number of aromatic amines is 1. The Bertz CT molecular complexity index is 282. The summed E-state index contributed by atoms with van der Waals surface area (Å²) in [4.78, 5) is 10.6. The van der Waals surface area contributed by atoms with Crippen LogP contribution in [-0.4, -0.2) is 15.4 Å². The largest absolute Gasteiger partial charge is 0.280 e. The van der Waals surface area contributed by atoms with Gasteiger partial charge in [0.05, 0.1) is 10.7 Å². The van der Waals surface area contributed by atoms with Crippen LogP contribution in [0.5, 0.6) is 0 Å². The van der Waals surface area contributed by atoms with Gasteiger partial charge in [0.25, 0.3) is 5.24 Å². The monoisotopic (exact) mass is 192 g/mol. The predicted molar refractivity (Wildman–Crippen MR) is 43.2 cm³/mol. The minimum absolute atomic E-state index is 0.102. The Morgan fingerprint density at radius 1 is 1.73 bits per heavy atom. The zero-order valence-electron chi connectivity index (χ0n) is 5.82. The molecule has 3 nitrogen and oxygen atoms in total. The van der Waals surface area contributed by atoms with E-state index in [1.54, 1.807) is 0 Å². The maximum Gasteiger partial charge on any atom is 0.274 e. The first-order valence-electron chi connectivity index (χ1n) is 3.09. The summed E-state index contributed by atoms with van der Waals surface area (Å²) in [7, 11) is 0. The second-order valence-electron chi connectivity index (χ2n) is 1.99. The van der Waals surface area contributed by atoms with Crippen LogP contribution in [-0.2, 0) is 6.42 Å². The van der Waals surface area contributed by atoms with Crippen molar-refractivity contribution in [3.63, 3.8) is 0 Å². The third-order valence-electron chi connectivity index (χ3n) is 1.32. The van der Waals surface area contributed by atoms with Crippen LogP contribution in [0.1, 0.15) is 23.1 Å². The Balaban J connectivity index is 3.10. The first-order chi connectivity index (χ1) is 5.16. The van der Waals surface area contributed by atoms with Gasteiger partial charge in [-0.1, -0.05) is 18.5 Å². The van der Waals surface area contributed by atoms with Crippen LogP contribution in [0.4, 0.5) is 0 Å². The highest BCUT2D eigenvalue weighted by molar-refractivity contribution is 6.68. The second kappa shape index (κ2) is 3.24. The molecule has 0 amide bonds. The molecule has 0 unspecified atom stereocenters. The van der Waals surface area contributed by atoms with Gasteiger partial charge in [-0.3, -0.25) is 9.89 Å². The molecule has 1 heterocycles. The van der Waals surface area contributed by atoms with Crippen LogP contribution in [0.15, 0.2) is 0 Å². The Hall–Kier alpha value is -0.540. The molecule has 0 saturated heterocycles. The molecule has 0 aliphatic carbocycles. The topological polar surface area (TPSA) is 45.8 Å². The van der Waals surface area contributed by atoms with E-state index < -0.39 is 5.24 Å². The highest BCUT2D eigenvalue weighted by atomic mass is 35.5. The van der Waals surface area contributed by atoms with Crippen molar-refractivity contribution in [1.29, 1.82) is 0 Å². The van der Waals surface area contributed by atoms with Gasteiger partial charge in [0.2, 0.25) is 0 Å². The zero-order valence-corrected chi connectivity index (χ0v) is 7.33. The highest BCUT2D eigenvalue weighted by Crippen LogP contribution is 2.19. The lowest BCUT2D eigenvalue weighted by Crippen LogP contribution is -1.88. The van der Waals surface area contributed by atoms with Gasteiger partial charge in [-0.25, -0.2) is 0 Å². The van der Waals surface area contributed by atoms with Crippen LogP contribution in [0, 0.1) is 0 Å². The highest BCUT2D eigenvalue weighted by Gasteiger charge is 2.14. The van der Waals surface area contributed by atoms with Crippen LogP contribution < -0.4 is 0 Å². The van der Waals surface area contributed by atoms with E-state index in [0.717, 1.165) is 5.69 Å². The number of carbonyl (C=O) groups is 1. The van der Waals surface area contributed by atoms with Gasteiger partial charge in [0.15, 0.2) is 5.69 Å². The molecule has 0 saturated carbocycles. The second-order valence-corrected chi connectivity index (χ2v) is 2.71. The molecular formula is C6H6Cl2N2O. The average Bonchev–Trinajstić information content (AvgIpc) is 2.30. The lowest BCUT2D eigenvalue weighted by Gasteiger charge is -1.88. The van der Waals surface area contributed by atoms with Crippen LogP contribution >= 0.6 is 23.2 Å². The van der Waals surface area contributed by atoms with Crippen molar-refractivity contribution >= 4 is 28.4 Å². The number of hydrogen-bond donors (Lipinski definition) is 1. The fourth-order valence-corrected chi connectivity index (χ4v) is 1.22. The molecule has 0 fully saturated rings. The summed E-state index contributed by atoms with van der Waals surface area (Å²) < 4.78 is 0. The number of nitrogens with one attached hydrogen (secondary N) is 1. The van der Waals surface area contributed by atoms with Crippen molar-refractivity contribution in [2.24, 2.45) is 0 Å². The molecule has 0 spiro atoms. The number of halogens is 2. The maximum atomic E-state index is 10.6. The number of aromatic nitrogens is 2. The van der Waals surface area contributed by atoms with Crippen LogP contribution in [0.3, 0.4) is 0 Å². The molecule has 11 heavy (non-hydrogen) atoms. The number of nitrogens with zero attached hydrogens (tertiary/aromatic N) is 1. The summed E-state index contributed by atoms with van der Waals surface area (Å²) in [6.07, 6.45) is 0.704. The predicted octanol–water partition coefficient (Wildman–Crippen LogP) is 2.00. The number of H-pyrrole nitrogens is 1. The Morgan fingerprint density at radius 3 is 2.64 bits per heavy atom. The summed E-state index contributed by atoms with van der Waals surface area (Å²) in [5.41, 5.74) is 0.834. The maximum absolute atomic E-state index is 10.6. The summed E-state index contributed by atoms with van der Waals surface area (Å²) >= 11 is 10.9. The fraction of sp³-hybridized carbons (Fsp3) is 0.333. The number of aryl methyl sites for hydroxylation is 1. The summed E-state index contributed by atoms with van der Waals surface area (Å²) in [6, 6.07) is 0. The Labute approximate surface area is 73.7 Å². The molecular weight excluding hydrogens is 187 g/mol. The van der Waals surface area contributed by atoms with E-state index in [0.29, 0.717) is 11.4 Å². The van der Waals surface area contributed by atoms with E-state index in [-0.39, 0.29) is 5.69 Å². The van der Waals surface area contributed by atoms with E-state index in [1.807, 2.05) is 6.92 Å². The number of rotatable bonds is 2. The summed E-state index contributed by atoms with van der Waals surface area (Å²) in [5.74, 6) is 0. The molecule has 1 aromatic rings. The molecule has 60 valence electrons. The van der Waals surface area contributed by atoms with Gasteiger partial charge >= 0.3 is 0 Å². The SMILES string of the molecule is CCc1[nH]nc(C(=O)Cl)c1Cl. The first kappa shape index (κ1) is 8.56. The van der Waals surface area contributed by atoms with E-state index in [4.69, 9.17) is 23.2 Å². The van der Waals surface area contributed by atoms with Crippen LogP contribution in [0.2, 0.25) is 5.02 Å². The molecule has 1 N–H and O–H groups in total. The van der Waals surface area contributed by atoms with Gasteiger partial charge in [-0.2, -0.15) is 5.10 Å². The molecule has 0 bridgehead atoms.